The van der Waals surface area contributed by atoms with E-state index < -0.39 is 14.9 Å². The fourth-order valence-corrected chi connectivity index (χ4v) is 3.58. The number of hydrogen-bond donors (Lipinski definition) is 1. The van der Waals surface area contributed by atoms with Gasteiger partial charge in [0, 0.05) is 12.1 Å². The lowest BCUT2D eigenvalue weighted by Crippen LogP contribution is -2.18. The van der Waals surface area contributed by atoms with Gasteiger partial charge < -0.3 is 4.74 Å². The Morgan fingerprint density at radius 3 is 2.45 bits per heavy atom. The zero-order valence-electron chi connectivity index (χ0n) is 16.5. The van der Waals surface area contributed by atoms with Crippen LogP contribution in [0.2, 0.25) is 0 Å². The number of nitro benzene ring substituents is 1. The number of rotatable bonds is 10. The van der Waals surface area contributed by atoms with Crippen molar-refractivity contribution in [3.8, 4) is 5.75 Å². The molecule has 0 aliphatic carbocycles. The minimum atomic E-state index is -4.01. The lowest BCUT2D eigenvalue weighted by molar-refractivity contribution is -0.385. The highest BCUT2D eigenvalue weighted by atomic mass is 32.2. The molecule has 0 amide bonds. The van der Waals surface area contributed by atoms with Crippen LogP contribution in [0.5, 0.6) is 5.75 Å². The molecule has 0 aliphatic rings. The molecule has 0 saturated carbocycles. The lowest BCUT2D eigenvalue weighted by Gasteiger charge is -2.06. The van der Waals surface area contributed by atoms with Crippen molar-refractivity contribution in [3.63, 3.8) is 0 Å². The third-order valence-corrected chi connectivity index (χ3v) is 5.55. The number of sulfonamides is 1. The van der Waals surface area contributed by atoms with Crippen molar-refractivity contribution in [2.45, 2.75) is 17.7 Å². The van der Waals surface area contributed by atoms with Crippen molar-refractivity contribution in [1.82, 2.24) is 4.83 Å². The number of nitrogens with zero attached hydrogens (tertiary/aromatic N) is 2. The monoisotopic (exact) mass is 439 g/mol. The van der Waals surface area contributed by atoms with Crippen LogP contribution in [0, 0.1) is 10.1 Å². The van der Waals surface area contributed by atoms with Crippen LogP contribution in [0.15, 0.2) is 88.9 Å². The molecular weight excluding hydrogens is 418 g/mol. The number of aryl methyl sites for hydroxylation is 1. The van der Waals surface area contributed by atoms with Crippen molar-refractivity contribution in [1.29, 1.82) is 0 Å². The van der Waals surface area contributed by atoms with E-state index in [4.69, 9.17) is 4.74 Å². The Hall–Kier alpha value is -3.72. The molecule has 0 spiro atoms. The molecule has 31 heavy (non-hydrogen) atoms. The van der Waals surface area contributed by atoms with Gasteiger partial charge in [-0.2, -0.15) is 13.5 Å². The quantitative estimate of drug-likeness (QED) is 0.223. The summed E-state index contributed by atoms with van der Waals surface area (Å²) in [6.45, 7) is 0.589. The predicted molar refractivity (Wildman–Crippen MR) is 118 cm³/mol. The molecule has 0 aliphatic heterocycles. The van der Waals surface area contributed by atoms with Crippen molar-refractivity contribution in [2.24, 2.45) is 5.10 Å². The van der Waals surface area contributed by atoms with Gasteiger partial charge in [-0.05, 0) is 54.3 Å². The maximum atomic E-state index is 12.2. The van der Waals surface area contributed by atoms with E-state index in [1.807, 2.05) is 23.0 Å². The lowest BCUT2D eigenvalue weighted by atomic mass is 10.1. The molecule has 1 N–H and O–H groups in total. The number of benzene rings is 3. The molecule has 0 atom stereocenters. The number of hydrogen-bond acceptors (Lipinski definition) is 6. The maximum absolute atomic E-state index is 12.2. The number of nitro groups is 1. The third kappa shape index (κ3) is 6.65. The molecule has 9 heteroatoms. The van der Waals surface area contributed by atoms with Gasteiger partial charge in [-0.1, -0.05) is 36.4 Å². The summed E-state index contributed by atoms with van der Waals surface area (Å²) in [5.41, 5.74) is 1.62. The Balaban J connectivity index is 1.50. The van der Waals surface area contributed by atoms with Gasteiger partial charge in [-0.3, -0.25) is 10.1 Å². The minimum absolute atomic E-state index is 0.238. The SMILES string of the molecule is O=[N+]([O-])c1cccc(S(=O)(=O)N/N=C/c2ccc(OCCCc3ccccc3)cc2)c1. The summed E-state index contributed by atoms with van der Waals surface area (Å²) in [5.74, 6) is 0.711. The largest absolute Gasteiger partial charge is 0.494 e. The van der Waals surface area contributed by atoms with Crippen LogP contribution >= 0.6 is 0 Å². The second-order valence-corrected chi connectivity index (χ2v) is 8.27. The zero-order valence-corrected chi connectivity index (χ0v) is 17.4. The smallest absolute Gasteiger partial charge is 0.276 e. The maximum Gasteiger partial charge on any atom is 0.276 e. The summed E-state index contributed by atoms with van der Waals surface area (Å²) in [7, 11) is -4.01. The Labute approximate surface area is 180 Å². The molecule has 0 aromatic heterocycles. The number of nitrogens with one attached hydrogen (secondary N) is 1. The molecule has 3 rings (SSSR count). The average Bonchev–Trinajstić information content (AvgIpc) is 2.78. The third-order valence-electron chi connectivity index (χ3n) is 4.33. The normalized spacial score (nSPS) is 11.4. The van der Waals surface area contributed by atoms with Gasteiger partial charge >= 0.3 is 0 Å². The van der Waals surface area contributed by atoms with E-state index in [9.17, 15) is 18.5 Å². The second kappa shape index (κ2) is 10.4. The first-order chi connectivity index (χ1) is 14.9. The van der Waals surface area contributed by atoms with Crippen molar-refractivity contribution in [3.05, 3.63) is 100 Å². The molecule has 0 unspecified atom stereocenters. The van der Waals surface area contributed by atoms with Crippen LogP contribution in [0.25, 0.3) is 0 Å². The Bertz CT molecular complexity index is 1150. The van der Waals surface area contributed by atoms with Gasteiger partial charge in [0.25, 0.3) is 15.7 Å². The number of non-ortho nitro benzene ring substituents is 1. The fraction of sp³-hybridized carbons (Fsp3) is 0.136. The van der Waals surface area contributed by atoms with Crippen LogP contribution in [0.4, 0.5) is 5.69 Å². The first-order valence-corrected chi connectivity index (χ1v) is 11.0. The summed E-state index contributed by atoms with van der Waals surface area (Å²) in [6.07, 6.45) is 3.18. The molecule has 8 nitrogen and oxygen atoms in total. The van der Waals surface area contributed by atoms with E-state index in [-0.39, 0.29) is 10.6 Å². The molecule has 0 saturated heterocycles. The molecule has 0 radical (unpaired) electrons. The van der Waals surface area contributed by atoms with Gasteiger partial charge in [-0.25, -0.2) is 4.83 Å². The summed E-state index contributed by atoms with van der Waals surface area (Å²) in [6, 6.07) is 22.0. The summed E-state index contributed by atoms with van der Waals surface area (Å²) in [4.78, 5) is 12.0. The first kappa shape index (κ1) is 22.0. The van der Waals surface area contributed by atoms with E-state index in [2.05, 4.69) is 17.2 Å². The highest BCUT2D eigenvalue weighted by Gasteiger charge is 2.16. The zero-order chi connectivity index (χ0) is 22.1. The highest BCUT2D eigenvalue weighted by molar-refractivity contribution is 7.89. The summed E-state index contributed by atoms with van der Waals surface area (Å²) in [5, 5.41) is 14.5. The summed E-state index contributed by atoms with van der Waals surface area (Å²) < 4.78 is 30.2. The average molecular weight is 439 g/mol. The second-order valence-electron chi connectivity index (χ2n) is 6.61. The number of ether oxygens (including phenoxy) is 1. The van der Waals surface area contributed by atoms with Gasteiger partial charge in [0.2, 0.25) is 0 Å². The molecule has 0 fully saturated rings. The van der Waals surface area contributed by atoms with Gasteiger partial charge in [0.05, 0.1) is 22.6 Å². The van der Waals surface area contributed by atoms with Crippen LogP contribution < -0.4 is 9.57 Å². The molecule has 160 valence electrons. The fourth-order valence-electron chi connectivity index (χ4n) is 2.75. The van der Waals surface area contributed by atoms with Crippen LogP contribution in [0.3, 0.4) is 0 Å². The number of hydrazone groups is 1. The van der Waals surface area contributed by atoms with E-state index in [0.717, 1.165) is 18.9 Å². The Morgan fingerprint density at radius 1 is 1.00 bits per heavy atom. The molecule has 3 aromatic rings. The van der Waals surface area contributed by atoms with E-state index in [0.29, 0.717) is 17.9 Å². The molecule has 0 heterocycles. The summed E-state index contributed by atoms with van der Waals surface area (Å²) >= 11 is 0. The molecule has 0 bridgehead atoms. The first-order valence-electron chi connectivity index (χ1n) is 9.50. The van der Waals surface area contributed by atoms with E-state index in [1.165, 1.54) is 30.0 Å². The molecular formula is C22H21N3O5S. The topological polar surface area (TPSA) is 111 Å². The van der Waals surface area contributed by atoms with Gasteiger partial charge in [0.15, 0.2) is 0 Å². The standard InChI is InChI=1S/C22H21N3O5S/c26-25(27)20-9-4-10-22(16-20)31(28,29)24-23-17-19-11-13-21(14-12-19)30-15-5-8-18-6-2-1-3-7-18/h1-4,6-7,9-14,16-17,24H,5,8,15H2/b23-17+. The van der Waals surface area contributed by atoms with Crippen molar-refractivity contribution in [2.75, 3.05) is 6.61 Å². The highest BCUT2D eigenvalue weighted by Crippen LogP contribution is 2.17. The predicted octanol–water partition coefficient (Wildman–Crippen LogP) is 3.92. The van der Waals surface area contributed by atoms with Gasteiger partial charge in [-0.15, -0.1) is 0 Å². The Kier molecular flexibility index (Phi) is 7.34. The molecule has 3 aromatic carbocycles. The van der Waals surface area contributed by atoms with E-state index in [1.54, 1.807) is 24.3 Å². The van der Waals surface area contributed by atoms with E-state index >= 15 is 0 Å². The van der Waals surface area contributed by atoms with Crippen LogP contribution in [-0.4, -0.2) is 26.2 Å². The Morgan fingerprint density at radius 2 is 1.74 bits per heavy atom. The van der Waals surface area contributed by atoms with Crippen molar-refractivity contribution >= 4 is 21.9 Å². The van der Waals surface area contributed by atoms with Crippen LogP contribution in [0.1, 0.15) is 17.5 Å². The minimum Gasteiger partial charge on any atom is -0.494 e. The van der Waals surface area contributed by atoms with Crippen LogP contribution in [-0.2, 0) is 16.4 Å². The van der Waals surface area contributed by atoms with Gasteiger partial charge in [0.1, 0.15) is 5.75 Å². The van der Waals surface area contributed by atoms with Crippen molar-refractivity contribution < 1.29 is 18.1 Å².